The normalized spacial score (nSPS) is 11.8. The Balaban J connectivity index is 1.87. The quantitative estimate of drug-likeness (QED) is 0.585. The molecule has 0 aliphatic heterocycles. The van der Waals surface area contributed by atoms with Gasteiger partial charge in [0.05, 0.1) is 18.8 Å². The third-order valence-corrected chi connectivity index (χ3v) is 4.49. The van der Waals surface area contributed by atoms with E-state index in [4.69, 9.17) is 9.47 Å². The monoisotopic (exact) mass is 347 g/mol. The molecule has 128 valence electrons. The molecule has 0 fully saturated rings. The van der Waals surface area contributed by atoms with Crippen LogP contribution >= 0.6 is 11.8 Å². The second-order valence-corrected chi connectivity index (χ2v) is 6.13. The van der Waals surface area contributed by atoms with Crippen LogP contribution in [0.3, 0.4) is 0 Å². The summed E-state index contributed by atoms with van der Waals surface area (Å²) in [6.07, 6.45) is 1.87. The van der Waals surface area contributed by atoms with Crippen molar-refractivity contribution in [3.63, 3.8) is 0 Å². The summed E-state index contributed by atoms with van der Waals surface area (Å²) in [7, 11) is 1.33. The maximum absolute atomic E-state index is 11.7. The fourth-order valence-corrected chi connectivity index (χ4v) is 2.93. The number of esters is 1. The zero-order chi connectivity index (χ0) is 17.4. The average molecular weight is 347 g/mol. The molecular formula is C18H21NO4S. The summed E-state index contributed by atoms with van der Waals surface area (Å²) in [6.45, 7) is 2.26. The first-order valence-corrected chi connectivity index (χ1v) is 8.68. The summed E-state index contributed by atoms with van der Waals surface area (Å²) < 4.78 is 10.4. The van der Waals surface area contributed by atoms with Crippen molar-refractivity contribution in [2.75, 3.05) is 19.5 Å². The van der Waals surface area contributed by atoms with E-state index in [9.17, 15) is 9.90 Å². The molecule has 5 nitrogen and oxygen atoms in total. The molecule has 0 saturated heterocycles. The van der Waals surface area contributed by atoms with Gasteiger partial charge in [0.1, 0.15) is 17.4 Å². The van der Waals surface area contributed by atoms with E-state index in [1.54, 1.807) is 18.3 Å². The maximum atomic E-state index is 11.7. The number of hydrogen-bond donors (Lipinski definition) is 1. The molecule has 1 unspecified atom stereocenters. The van der Waals surface area contributed by atoms with Crippen LogP contribution in [-0.2, 0) is 11.2 Å². The Hall–Kier alpha value is -2.05. The van der Waals surface area contributed by atoms with E-state index in [1.165, 1.54) is 24.4 Å². The summed E-state index contributed by atoms with van der Waals surface area (Å²) in [5, 5.41) is 10.6. The van der Waals surface area contributed by atoms with Crippen molar-refractivity contribution in [2.24, 2.45) is 0 Å². The van der Waals surface area contributed by atoms with Crippen LogP contribution in [-0.4, -0.2) is 41.6 Å². The second-order valence-electron chi connectivity index (χ2n) is 5.12. The Kier molecular flexibility index (Phi) is 7.08. The lowest BCUT2D eigenvalue weighted by Gasteiger charge is -2.13. The van der Waals surface area contributed by atoms with Gasteiger partial charge >= 0.3 is 5.97 Å². The molecule has 1 aromatic carbocycles. The number of rotatable bonds is 8. The Morgan fingerprint density at radius 2 is 2.17 bits per heavy atom. The maximum Gasteiger partial charge on any atom is 0.340 e. The Morgan fingerprint density at radius 1 is 1.33 bits per heavy atom. The molecule has 1 N–H and O–H groups in total. The molecule has 1 heterocycles. The SMILES string of the molecule is CCc1cccc(OCC(O)CSc2ncccc2C(=O)OC)c1. The number of hydrogen-bond acceptors (Lipinski definition) is 6. The third-order valence-electron chi connectivity index (χ3n) is 3.34. The standard InChI is InChI=1S/C18H21NO4S/c1-3-13-6-4-7-15(10-13)23-11-14(20)12-24-17-16(18(21)22-2)8-5-9-19-17/h4-10,14,20H,3,11-12H2,1-2H3. The number of thioether (sulfide) groups is 1. The molecule has 24 heavy (non-hydrogen) atoms. The predicted octanol–water partition coefficient (Wildman–Crippen LogP) is 2.96. The summed E-state index contributed by atoms with van der Waals surface area (Å²) in [4.78, 5) is 15.9. The minimum Gasteiger partial charge on any atom is -0.491 e. The Labute approximate surface area is 146 Å². The molecule has 0 saturated carbocycles. The molecule has 2 aromatic rings. The summed E-state index contributed by atoms with van der Waals surface area (Å²) in [6, 6.07) is 11.1. The van der Waals surface area contributed by atoms with Crippen molar-refractivity contribution in [3.05, 3.63) is 53.7 Å². The van der Waals surface area contributed by atoms with E-state index in [0.717, 1.165) is 12.2 Å². The highest BCUT2D eigenvalue weighted by molar-refractivity contribution is 7.99. The zero-order valence-corrected chi connectivity index (χ0v) is 14.6. The van der Waals surface area contributed by atoms with Crippen LogP contribution in [0.15, 0.2) is 47.6 Å². The molecule has 0 bridgehead atoms. The lowest BCUT2D eigenvalue weighted by Crippen LogP contribution is -2.20. The van der Waals surface area contributed by atoms with Crippen LogP contribution in [0.5, 0.6) is 5.75 Å². The number of ether oxygens (including phenoxy) is 2. The predicted molar refractivity (Wildman–Crippen MR) is 93.6 cm³/mol. The second kappa shape index (κ2) is 9.30. The third kappa shape index (κ3) is 5.25. The number of aryl methyl sites for hydroxylation is 1. The van der Waals surface area contributed by atoms with E-state index in [2.05, 4.69) is 11.9 Å². The molecule has 0 radical (unpaired) electrons. The molecule has 0 spiro atoms. The van der Waals surface area contributed by atoms with Gasteiger partial charge in [-0.2, -0.15) is 0 Å². The van der Waals surface area contributed by atoms with Crippen LogP contribution in [0.4, 0.5) is 0 Å². The molecule has 0 amide bonds. The minimum absolute atomic E-state index is 0.181. The fraction of sp³-hybridized carbons (Fsp3) is 0.333. The van der Waals surface area contributed by atoms with Gasteiger partial charge in [0.25, 0.3) is 0 Å². The molecule has 0 aliphatic carbocycles. The number of benzene rings is 1. The van der Waals surface area contributed by atoms with Gasteiger partial charge in [-0.25, -0.2) is 9.78 Å². The number of aliphatic hydroxyl groups is 1. The number of pyridine rings is 1. The highest BCUT2D eigenvalue weighted by atomic mass is 32.2. The number of methoxy groups -OCH3 is 1. The van der Waals surface area contributed by atoms with Crippen LogP contribution in [0.2, 0.25) is 0 Å². The van der Waals surface area contributed by atoms with Crippen LogP contribution in [0.1, 0.15) is 22.8 Å². The smallest absolute Gasteiger partial charge is 0.340 e. The van der Waals surface area contributed by atoms with Crippen molar-refractivity contribution in [3.8, 4) is 5.75 Å². The van der Waals surface area contributed by atoms with Crippen molar-refractivity contribution < 1.29 is 19.4 Å². The first-order chi connectivity index (χ1) is 11.6. The van der Waals surface area contributed by atoms with Crippen LogP contribution < -0.4 is 4.74 Å². The molecule has 1 aromatic heterocycles. The topological polar surface area (TPSA) is 68.7 Å². The highest BCUT2D eigenvalue weighted by Gasteiger charge is 2.15. The average Bonchev–Trinajstić information content (AvgIpc) is 2.64. The largest absolute Gasteiger partial charge is 0.491 e. The first-order valence-electron chi connectivity index (χ1n) is 7.70. The van der Waals surface area contributed by atoms with E-state index >= 15 is 0 Å². The van der Waals surface area contributed by atoms with Gasteiger partial charge in [0, 0.05) is 11.9 Å². The summed E-state index contributed by atoms with van der Waals surface area (Å²) in [5.74, 6) is 0.674. The van der Waals surface area contributed by atoms with Gasteiger partial charge in [0.2, 0.25) is 0 Å². The summed E-state index contributed by atoms with van der Waals surface area (Å²) >= 11 is 1.30. The number of carbonyl (C=O) groups is 1. The summed E-state index contributed by atoms with van der Waals surface area (Å²) in [5.41, 5.74) is 1.58. The van der Waals surface area contributed by atoms with Gasteiger partial charge in [-0.15, -0.1) is 11.8 Å². The van der Waals surface area contributed by atoms with Crippen LogP contribution in [0, 0.1) is 0 Å². The van der Waals surface area contributed by atoms with Crippen LogP contribution in [0.25, 0.3) is 0 Å². The van der Waals surface area contributed by atoms with E-state index in [0.29, 0.717) is 16.3 Å². The molecule has 1 atom stereocenters. The molecular weight excluding hydrogens is 326 g/mol. The van der Waals surface area contributed by atoms with Gasteiger partial charge in [0.15, 0.2) is 0 Å². The first kappa shape index (κ1) is 18.3. The molecule has 2 rings (SSSR count). The number of nitrogens with zero attached hydrogens (tertiary/aromatic N) is 1. The van der Waals surface area contributed by atoms with Crippen molar-refractivity contribution in [1.29, 1.82) is 0 Å². The van der Waals surface area contributed by atoms with E-state index in [1.807, 2.05) is 24.3 Å². The van der Waals surface area contributed by atoms with Gasteiger partial charge in [-0.3, -0.25) is 0 Å². The Bertz CT molecular complexity index is 678. The molecule has 0 aliphatic rings. The van der Waals surface area contributed by atoms with E-state index < -0.39 is 12.1 Å². The number of aromatic nitrogens is 1. The van der Waals surface area contributed by atoms with E-state index in [-0.39, 0.29) is 6.61 Å². The lowest BCUT2D eigenvalue weighted by molar-refractivity contribution is 0.0595. The van der Waals surface area contributed by atoms with Gasteiger partial charge in [-0.1, -0.05) is 19.1 Å². The van der Waals surface area contributed by atoms with Crippen molar-refractivity contribution in [2.45, 2.75) is 24.5 Å². The lowest BCUT2D eigenvalue weighted by atomic mass is 10.2. The number of carbonyl (C=O) groups excluding carboxylic acids is 1. The minimum atomic E-state index is -0.673. The zero-order valence-electron chi connectivity index (χ0n) is 13.8. The van der Waals surface area contributed by atoms with Gasteiger partial charge < -0.3 is 14.6 Å². The van der Waals surface area contributed by atoms with Crippen molar-refractivity contribution >= 4 is 17.7 Å². The van der Waals surface area contributed by atoms with Gasteiger partial charge in [-0.05, 0) is 36.2 Å². The van der Waals surface area contributed by atoms with Crippen molar-refractivity contribution in [1.82, 2.24) is 4.98 Å². The molecule has 6 heteroatoms. The highest BCUT2D eigenvalue weighted by Crippen LogP contribution is 2.22. The Morgan fingerprint density at radius 3 is 2.92 bits per heavy atom. The number of aliphatic hydroxyl groups excluding tert-OH is 1. The fourth-order valence-electron chi connectivity index (χ4n) is 2.04.